The van der Waals surface area contributed by atoms with Crippen LogP contribution in [0, 0.1) is 6.92 Å². The van der Waals surface area contributed by atoms with Gasteiger partial charge in [0.15, 0.2) is 0 Å². The van der Waals surface area contributed by atoms with Crippen LogP contribution in [0.4, 0.5) is 0 Å². The number of aromatic amines is 1. The van der Waals surface area contributed by atoms with Gasteiger partial charge in [-0.15, -0.1) is 0 Å². The maximum Gasteiger partial charge on any atom is 0.244 e. The summed E-state index contributed by atoms with van der Waals surface area (Å²) in [6, 6.07) is 3.32. The lowest BCUT2D eigenvalue weighted by molar-refractivity contribution is 0.478. The van der Waals surface area contributed by atoms with Gasteiger partial charge in [-0.3, -0.25) is 5.10 Å². The van der Waals surface area contributed by atoms with E-state index >= 15 is 0 Å². The minimum absolute atomic E-state index is 0.211. The standard InChI is InChI=1S/C13H20N4O3S/c1-9(7-11-5-4-6-20-11)17-21(18,19)13-10(2)15-16-12(13)8-14-3/h4-6,9,14,17H,7-8H2,1-3H3,(H,15,16). The molecular formula is C13H20N4O3S. The van der Waals surface area contributed by atoms with Gasteiger partial charge in [0.05, 0.1) is 17.7 Å². The zero-order valence-corrected chi connectivity index (χ0v) is 13.1. The number of aryl methyl sites for hydroxylation is 1. The summed E-state index contributed by atoms with van der Waals surface area (Å²) in [6.07, 6.45) is 2.06. The van der Waals surface area contributed by atoms with E-state index in [1.54, 1.807) is 33.2 Å². The molecule has 0 fully saturated rings. The summed E-state index contributed by atoms with van der Waals surface area (Å²) in [5, 5.41) is 9.66. The second kappa shape index (κ2) is 6.42. The van der Waals surface area contributed by atoms with Crippen LogP contribution in [0.15, 0.2) is 27.7 Å². The Bertz CT molecular complexity index is 676. The fourth-order valence-corrected chi connectivity index (χ4v) is 3.82. The number of sulfonamides is 1. The Morgan fingerprint density at radius 2 is 2.24 bits per heavy atom. The number of nitrogens with zero attached hydrogens (tertiary/aromatic N) is 1. The molecule has 0 aromatic carbocycles. The maximum atomic E-state index is 12.5. The van der Waals surface area contributed by atoms with Crippen molar-refractivity contribution in [2.24, 2.45) is 0 Å². The molecule has 2 aromatic heterocycles. The van der Waals surface area contributed by atoms with Crippen LogP contribution < -0.4 is 10.0 Å². The first-order valence-corrected chi connectivity index (χ1v) is 8.15. The number of nitrogens with one attached hydrogen (secondary N) is 3. The Hall–Kier alpha value is -1.64. The van der Waals surface area contributed by atoms with Crippen molar-refractivity contribution in [1.29, 1.82) is 0 Å². The van der Waals surface area contributed by atoms with Crippen LogP contribution in [-0.2, 0) is 23.0 Å². The summed E-state index contributed by atoms with van der Waals surface area (Å²) < 4.78 is 32.9. The molecule has 1 atom stereocenters. The number of furan rings is 1. The highest BCUT2D eigenvalue weighted by molar-refractivity contribution is 7.89. The largest absolute Gasteiger partial charge is 0.469 e. The Balaban J connectivity index is 2.16. The molecule has 0 spiro atoms. The summed E-state index contributed by atoms with van der Waals surface area (Å²) in [5.74, 6) is 0.740. The molecule has 0 aliphatic carbocycles. The van der Waals surface area contributed by atoms with Gasteiger partial charge in [0.25, 0.3) is 0 Å². The molecule has 2 aromatic rings. The van der Waals surface area contributed by atoms with Gasteiger partial charge in [-0.05, 0) is 33.0 Å². The molecule has 8 heteroatoms. The Labute approximate surface area is 124 Å². The monoisotopic (exact) mass is 312 g/mol. The van der Waals surface area contributed by atoms with E-state index in [1.165, 1.54) is 0 Å². The first-order valence-electron chi connectivity index (χ1n) is 6.67. The first-order chi connectivity index (χ1) is 9.94. The lowest BCUT2D eigenvalue weighted by atomic mass is 10.2. The summed E-state index contributed by atoms with van der Waals surface area (Å²) in [6.45, 7) is 3.87. The van der Waals surface area contributed by atoms with E-state index in [9.17, 15) is 8.42 Å². The molecule has 7 nitrogen and oxygen atoms in total. The Kier molecular flexibility index (Phi) is 4.81. The second-order valence-corrected chi connectivity index (χ2v) is 6.61. The molecule has 2 rings (SSSR count). The minimum atomic E-state index is -3.63. The number of hydrogen-bond acceptors (Lipinski definition) is 5. The fourth-order valence-electron chi connectivity index (χ4n) is 2.21. The van der Waals surface area contributed by atoms with Gasteiger partial charge >= 0.3 is 0 Å². The molecule has 0 radical (unpaired) electrons. The van der Waals surface area contributed by atoms with Crippen molar-refractivity contribution in [3.05, 3.63) is 35.5 Å². The van der Waals surface area contributed by atoms with Crippen LogP contribution in [0.1, 0.15) is 24.1 Å². The first kappa shape index (κ1) is 15.7. The SMILES string of the molecule is CNCc1n[nH]c(C)c1S(=O)(=O)NC(C)Cc1ccco1. The van der Waals surface area contributed by atoms with E-state index in [2.05, 4.69) is 20.2 Å². The average Bonchev–Trinajstić information content (AvgIpc) is 2.99. The van der Waals surface area contributed by atoms with Crippen molar-refractivity contribution in [2.75, 3.05) is 7.05 Å². The zero-order chi connectivity index (χ0) is 15.5. The highest BCUT2D eigenvalue weighted by Gasteiger charge is 2.25. The summed E-state index contributed by atoms with van der Waals surface area (Å²) in [5.41, 5.74) is 1.01. The molecule has 1 unspecified atom stereocenters. The van der Waals surface area contributed by atoms with Gasteiger partial charge in [-0.2, -0.15) is 5.10 Å². The molecule has 0 amide bonds. The van der Waals surface area contributed by atoms with Gasteiger partial charge in [0.1, 0.15) is 10.7 Å². The van der Waals surface area contributed by atoms with E-state index in [0.717, 1.165) is 5.76 Å². The average molecular weight is 312 g/mol. The number of aromatic nitrogens is 2. The van der Waals surface area contributed by atoms with Crippen LogP contribution in [-0.4, -0.2) is 31.7 Å². The summed E-state index contributed by atoms with van der Waals surface area (Å²) in [7, 11) is -1.88. The normalized spacial score (nSPS) is 13.5. The zero-order valence-electron chi connectivity index (χ0n) is 12.3. The highest BCUT2D eigenvalue weighted by Crippen LogP contribution is 2.18. The van der Waals surface area contributed by atoms with Crippen molar-refractivity contribution < 1.29 is 12.8 Å². The molecule has 21 heavy (non-hydrogen) atoms. The van der Waals surface area contributed by atoms with E-state index in [-0.39, 0.29) is 10.9 Å². The van der Waals surface area contributed by atoms with Crippen LogP contribution in [0.5, 0.6) is 0 Å². The second-order valence-electron chi connectivity index (χ2n) is 4.96. The van der Waals surface area contributed by atoms with E-state index in [0.29, 0.717) is 24.4 Å². The molecule has 116 valence electrons. The third-order valence-corrected chi connectivity index (χ3v) is 4.81. The fraction of sp³-hybridized carbons (Fsp3) is 0.462. The van der Waals surface area contributed by atoms with Gasteiger partial charge in [0.2, 0.25) is 10.0 Å². The summed E-state index contributed by atoms with van der Waals surface area (Å²) in [4.78, 5) is 0.211. The number of hydrogen-bond donors (Lipinski definition) is 3. The molecule has 3 N–H and O–H groups in total. The molecule has 0 aliphatic rings. The van der Waals surface area contributed by atoms with E-state index < -0.39 is 10.0 Å². The predicted octanol–water partition coefficient (Wildman–Crippen LogP) is 0.940. The smallest absolute Gasteiger partial charge is 0.244 e. The lowest BCUT2D eigenvalue weighted by Crippen LogP contribution is -2.34. The van der Waals surface area contributed by atoms with Crippen molar-refractivity contribution in [1.82, 2.24) is 20.2 Å². The topological polar surface area (TPSA) is 100 Å². The van der Waals surface area contributed by atoms with E-state index in [4.69, 9.17) is 4.42 Å². The van der Waals surface area contributed by atoms with E-state index in [1.807, 2.05) is 6.07 Å². The maximum absolute atomic E-state index is 12.5. The molecule has 2 heterocycles. The van der Waals surface area contributed by atoms with Gasteiger partial charge in [-0.1, -0.05) is 0 Å². The third kappa shape index (κ3) is 3.72. The predicted molar refractivity (Wildman–Crippen MR) is 78.3 cm³/mol. The number of H-pyrrole nitrogens is 1. The number of rotatable bonds is 7. The van der Waals surface area contributed by atoms with Crippen molar-refractivity contribution in [3.8, 4) is 0 Å². The Morgan fingerprint density at radius 1 is 1.48 bits per heavy atom. The van der Waals surface area contributed by atoms with Gasteiger partial charge < -0.3 is 9.73 Å². The summed E-state index contributed by atoms with van der Waals surface area (Å²) >= 11 is 0. The Morgan fingerprint density at radius 3 is 2.86 bits per heavy atom. The highest BCUT2D eigenvalue weighted by atomic mass is 32.2. The van der Waals surface area contributed by atoms with Crippen molar-refractivity contribution in [2.45, 2.75) is 37.8 Å². The molecule has 0 aliphatic heterocycles. The van der Waals surface area contributed by atoms with Crippen LogP contribution in [0.25, 0.3) is 0 Å². The quantitative estimate of drug-likeness (QED) is 0.706. The van der Waals surface area contributed by atoms with Crippen molar-refractivity contribution >= 4 is 10.0 Å². The van der Waals surface area contributed by atoms with Crippen molar-refractivity contribution in [3.63, 3.8) is 0 Å². The third-order valence-electron chi connectivity index (χ3n) is 3.02. The van der Waals surface area contributed by atoms with Gasteiger partial charge in [0, 0.05) is 19.0 Å². The lowest BCUT2D eigenvalue weighted by Gasteiger charge is -2.13. The molecular weight excluding hydrogens is 292 g/mol. The minimum Gasteiger partial charge on any atom is -0.469 e. The van der Waals surface area contributed by atoms with Gasteiger partial charge in [-0.25, -0.2) is 13.1 Å². The molecule has 0 saturated heterocycles. The van der Waals surface area contributed by atoms with Crippen LogP contribution >= 0.6 is 0 Å². The van der Waals surface area contributed by atoms with Crippen LogP contribution in [0.3, 0.4) is 0 Å². The van der Waals surface area contributed by atoms with Crippen LogP contribution in [0.2, 0.25) is 0 Å². The molecule has 0 bridgehead atoms. The molecule has 0 saturated carbocycles.